The van der Waals surface area contributed by atoms with Crippen LogP contribution < -0.4 is 0 Å². The van der Waals surface area contributed by atoms with Crippen molar-refractivity contribution in [3.8, 4) is 0 Å². The van der Waals surface area contributed by atoms with Gasteiger partial charge in [-0.05, 0) is 46.5 Å². The van der Waals surface area contributed by atoms with E-state index in [1.807, 2.05) is 0 Å². The Bertz CT molecular complexity index is 841. The first-order chi connectivity index (χ1) is 16.4. The third-order valence-electron chi connectivity index (χ3n) is 6.98. The molecule has 6 aliphatic rings. The highest BCUT2D eigenvalue weighted by Gasteiger charge is 2.60. The normalized spacial score (nSPS) is 38.9. The number of ether oxygens (including phenoxy) is 1. The van der Waals surface area contributed by atoms with Gasteiger partial charge in [0.25, 0.3) is 0 Å². The van der Waals surface area contributed by atoms with Crippen molar-refractivity contribution in [2.75, 3.05) is 19.6 Å². The van der Waals surface area contributed by atoms with Crippen LogP contribution >= 0.6 is 0 Å². The zero-order chi connectivity index (χ0) is 25.8. The van der Waals surface area contributed by atoms with E-state index < -0.39 is 55.3 Å². The Labute approximate surface area is 202 Å². The van der Waals surface area contributed by atoms with Crippen molar-refractivity contribution in [3.05, 3.63) is 0 Å². The van der Waals surface area contributed by atoms with Crippen LogP contribution in [0, 0.1) is 0 Å². The molecule has 198 valence electrons. The van der Waals surface area contributed by atoms with Crippen molar-refractivity contribution in [1.82, 2.24) is 29.8 Å². The summed E-state index contributed by atoms with van der Waals surface area (Å²) in [6.45, 7) is 3.79. The fourth-order valence-corrected chi connectivity index (χ4v) is 5.11. The molecule has 6 amide bonds. The molecular formula is C20H34N6O9. The molecule has 0 aromatic carbocycles. The predicted molar refractivity (Wildman–Crippen MR) is 115 cm³/mol. The fraction of sp³-hybridized carbons (Fsp3) is 0.850. The van der Waals surface area contributed by atoms with Crippen LogP contribution in [0.3, 0.4) is 0 Å². The number of amides is 6. The minimum absolute atomic E-state index is 0.0302. The van der Waals surface area contributed by atoms with Crippen molar-refractivity contribution >= 4 is 18.1 Å². The first-order valence-corrected chi connectivity index (χ1v) is 11.9. The lowest BCUT2D eigenvalue weighted by atomic mass is 9.89. The number of hydrazine groups is 2. The van der Waals surface area contributed by atoms with E-state index in [2.05, 4.69) is 0 Å². The summed E-state index contributed by atoms with van der Waals surface area (Å²) in [5.74, 6) is 0. The number of nitrogens with zero attached hydrogens (tertiary/aromatic N) is 6. The number of fused-ring (bicyclic) bond motifs is 2. The van der Waals surface area contributed by atoms with E-state index in [1.54, 1.807) is 13.8 Å². The van der Waals surface area contributed by atoms with Gasteiger partial charge in [0, 0.05) is 13.1 Å². The Kier molecular flexibility index (Phi) is 6.76. The molecule has 5 heterocycles. The molecule has 6 rings (SSSR count). The van der Waals surface area contributed by atoms with Crippen molar-refractivity contribution in [2.24, 2.45) is 0 Å². The Morgan fingerprint density at radius 2 is 1.29 bits per heavy atom. The molecule has 15 nitrogen and oxygen atoms in total. The van der Waals surface area contributed by atoms with Gasteiger partial charge in [0.1, 0.15) is 0 Å². The number of urea groups is 3. The van der Waals surface area contributed by atoms with Gasteiger partial charge in [0.15, 0.2) is 30.6 Å². The first-order valence-electron chi connectivity index (χ1n) is 11.9. The minimum Gasteiger partial charge on any atom is -0.375 e. The lowest BCUT2D eigenvalue weighted by molar-refractivity contribution is -0.182. The summed E-state index contributed by atoms with van der Waals surface area (Å²) in [6.07, 6.45) is -0.0730. The molecule has 6 fully saturated rings. The van der Waals surface area contributed by atoms with E-state index in [1.165, 1.54) is 25.7 Å². The number of carbonyl (C=O) groups is 3. The highest BCUT2D eigenvalue weighted by Crippen LogP contribution is 2.35. The average Bonchev–Trinajstić information content (AvgIpc) is 3.25. The highest BCUT2D eigenvalue weighted by molar-refractivity contribution is 5.86. The molecule has 15 heteroatoms. The van der Waals surface area contributed by atoms with Crippen molar-refractivity contribution < 1.29 is 44.7 Å². The number of aliphatic hydroxyl groups excluding tert-OH is 4. The summed E-state index contributed by atoms with van der Waals surface area (Å²) in [5, 5.41) is 53.4. The fourth-order valence-electron chi connectivity index (χ4n) is 5.11. The quantitative estimate of drug-likeness (QED) is 0.302. The highest BCUT2D eigenvalue weighted by atomic mass is 16.5. The van der Waals surface area contributed by atoms with Gasteiger partial charge in [0.2, 0.25) is 0 Å². The molecule has 7 unspecified atom stereocenters. The first kappa shape index (κ1) is 25.7. The number of β-amino-alcohol motifs (C(OH)–C–C–N with tert-alkyl or cyclic N) is 1. The van der Waals surface area contributed by atoms with Crippen molar-refractivity contribution in [3.63, 3.8) is 0 Å². The SMILES string of the molecule is C1CC2CC(C1)O2.CCN1C(=O)N(N2CC(C)(O)N(N3C(=O)N(CC)C(O)C3O)C2=O)C(O)C1O. The van der Waals surface area contributed by atoms with E-state index in [-0.39, 0.29) is 13.1 Å². The van der Waals surface area contributed by atoms with E-state index in [0.29, 0.717) is 32.2 Å². The zero-order valence-electron chi connectivity index (χ0n) is 20.0. The maximum Gasteiger partial charge on any atom is 0.360 e. The molecular weight excluding hydrogens is 468 g/mol. The van der Waals surface area contributed by atoms with E-state index in [9.17, 15) is 39.9 Å². The third-order valence-corrected chi connectivity index (χ3v) is 6.98. The summed E-state index contributed by atoms with van der Waals surface area (Å²) in [6, 6.07) is -2.92. The summed E-state index contributed by atoms with van der Waals surface area (Å²) in [4.78, 5) is 39.7. The molecule has 5 N–H and O–H groups in total. The molecule has 2 bridgehead atoms. The summed E-state index contributed by atoms with van der Waals surface area (Å²) in [5.41, 5.74) is -2.08. The molecule has 1 aliphatic carbocycles. The van der Waals surface area contributed by atoms with Crippen LogP contribution in [-0.4, -0.2) is 136 Å². The number of rotatable bonds is 4. The van der Waals surface area contributed by atoms with E-state index in [0.717, 1.165) is 16.7 Å². The van der Waals surface area contributed by atoms with E-state index in [4.69, 9.17) is 4.74 Å². The second-order valence-corrected chi connectivity index (χ2v) is 9.40. The molecule has 0 radical (unpaired) electrons. The Morgan fingerprint density at radius 3 is 1.66 bits per heavy atom. The average molecular weight is 503 g/mol. The van der Waals surface area contributed by atoms with E-state index >= 15 is 0 Å². The van der Waals surface area contributed by atoms with Crippen LogP contribution in [0.1, 0.15) is 46.5 Å². The number of hydrogen-bond acceptors (Lipinski definition) is 9. The number of likely N-dealkylation sites (N-methyl/N-ethyl adjacent to an activating group) is 2. The Morgan fingerprint density at radius 1 is 0.829 bits per heavy atom. The lowest BCUT2D eigenvalue weighted by Gasteiger charge is -2.41. The molecule has 7 atom stereocenters. The summed E-state index contributed by atoms with van der Waals surface area (Å²) >= 11 is 0. The van der Waals surface area contributed by atoms with Crippen LogP contribution in [0.2, 0.25) is 0 Å². The van der Waals surface area contributed by atoms with Crippen LogP contribution in [0.5, 0.6) is 0 Å². The van der Waals surface area contributed by atoms with Gasteiger partial charge in [-0.2, -0.15) is 15.0 Å². The van der Waals surface area contributed by atoms with Crippen molar-refractivity contribution in [2.45, 2.75) is 89.3 Å². The van der Waals surface area contributed by atoms with Gasteiger partial charge in [-0.15, -0.1) is 0 Å². The van der Waals surface area contributed by atoms with Gasteiger partial charge >= 0.3 is 18.1 Å². The second kappa shape index (κ2) is 9.22. The molecule has 0 spiro atoms. The van der Waals surface area contributed by atoms with Gasteiger partial charge in [0.05, 0.1) is 18.8 Å². The van der Waals surface area contributed by atoms with Gasteiger partial charge in [-0.25, -0.2) is 19.4 Å². The summed E-state index contributed by atoms with van der Waals surface area (Å²) in [7, 11) is 0. The maximum atomic E-state index is 13.0. The maximum absolute atomic E-state index is 13.0. The van der Waals surface area contributed by atoms with Gasteiger partial charge in [-0.1, -0.05) is 0 Å². The molecule has 5 aliphatic heterocycles. The van der Waals surface area contributed by atoms with Crippen molar-refractivity contribution in [1.29, 1.82) is 0 Å². The molecule has 35 heavy (non-hydrogen) atoms. The Hall–Kier alpha value is -2.43. The monoisotopic (exact) mass is 502 g/mol. The van der Waals surface area contributed by atoms with Crippen LogP contribution in [0.15, 0.2) is 0 Å². The van der Waals surface area contributed by atoms with Crippen LogP contribution in [-0.2, 0) is 4.74 Å². The number of hydrogen-bond donors (Lipinski definition) is 5. The summed E-state index contributed by atoms with van der Waals surface area (Å²) < 4.78 is 5.38. The van der Waals surface area contributed by atoms with Crippen LogP contribution in [0.25, 0.3) is 0 Å². The number of carbonyl (C=O) groups excluding carboxylic acids is 3. The van der Waals surface area contributed by atoms with Crippen LogP contribution in [0.4, 0.5) is 14.4 Å². The Balaban J connectivity index is 0.000000347. The smallest absolute Gasteiger partial charge is 0.360 e. The second-order valence-electron chi connectivity index (χ2n) is 9.40. The molecule has 5 saturated heterocycles. The molecule has 0 aromatic heterocycles. The molecule has 0 aromatic rings. The van der Waals surface area contributed by atoms with Gasteiger partial charge < -0.3 is 30.3 Å². The minimum atomic E-state index is -2.08. The predicted octanol–water partition coefficient (Wildman–Crippen LogP) is -1.62. The largest absolute Gasteiger partial charge is 0.375 e. The topological polar surface area (TPSA) is 181 Å². The molecule has 1 saturated carbocycles. The van der Waals surface area contributed by atoms with Gasteiger partial charge in [-0.3, -0.25) is 9.80 Å². The lowest BCUT2D eigenvalue weighted by Crippen LogP contribution is -2.59. The standard InChI is InChI=1S/C14H24N6O8.C6H10O/c1-4-15-7(21)9(23)18(11(15)25)17-6-14(3,28)20(13(17)27)19-10(24)8(22)16(5-2)12(19)26;1-2-5-4-6(3-1)7-5/h7-10,21-24,28H,4-6H2,1-3H3;5-6H,1-4H2. The number of aliphatic hydroxyl groups is 5. The zero-order valence-corrected chi connectivity index (χ0v) is 20.0. The third kappa shape index (κ3) is 4.05.